The summed E-state index contributed by atoms with van der Waals surface area (Å²) in [4.78, 5) is 41.9. The van der Waals surface area contributed by atoms with E-state index in [0.29, 0.717) is 38.4 Å². The molecule has 2 aliphatic heterocycles. The van der Waals surface area contributed by atoms with Crippen molar-refractivity contribution in [2.45, 2.75) is 30.9 Å². The van der Waals surface area contributed by atoms with Crippen molar-refractivity contribution in [3.05, 3.63) is 53.6 Å². The van der Waals surface area contributed by atoms with Gasteiger partial charge >= 0.3 is 0 Å². The maximum Gasteiger partial charge on any atom is 0.247 e. The third-order valence-electron chi connectivity index (χ3n) is 6.52. The van der Waals surface area contributed by atoms with Crippen LogP contribution in [0.15, 0.2) is 42.5 Å². The zero-order chi connectivity index (χ0) is 27.2. The number of ketones is 1. The summed E-state index contributed by atoms with van der Waals surface area (Å²) < 4.78 is 16.7. The standard InChI is InChI=1S/C28H30N2O6S2/c1-34-22-16-24(36-3)23(35-2)15-19(22)9-12-21(31)18-7-10-20(11-8-18)30-26(32)17-25(27(30)33)38-28(37)29-13-5-4-6-14-29/h7-12,15-16,25H,4-6,13-14,17H2,1-3H3. The zero-order valence-corrected chi connectivity index (χ0v) is 23.2. The lowest BCUT2D eigenvalue weighted by Crippen LogP contribution is -2.35. The lowest BCUT2D eigenvalue weighted by Gasteiger charge is -2.29. The first-order chi connectivity index (χ1) is 18.4. The first-order valence-electron chi connectivity index (χ1n) is 12.3. The summed E-state index contributed by atoms with van der Waals surface area (Å²) in [6, 6.07) is 9.85. The van der Waals surface area contributed by atoms with Gasteiger partial charge in [-0.3, -0.25) is 14.4 Å². The first-order valence-corrected chi connectivity index (χ1v) is 13.6. The van der Waals surface area contributed by atoms with Gasteiger partial charge in [0.25, 0.3) is 0 Å². The van der Waals surface area contributed by atoms with E-state index < -0.39 is 5.25 Å². The van der Waals surface area contributed by atoms with Gasteiger partial charge in [0.15, 0.2) is 17.3 Å². The molecule has 2 aliphatic rings. The normalized spacial score (nSPS) is 17.7. The number of hydrogen-bond donors (Lipinski definition) is 0. The molecule has 0 bridgehead atoms. The van der Waals surface area contributed by atoms with Crippen molar-refractivity contribution in [1.82, 2.24) is 4.90 Å². The molecule has 4 rings (SSSR count). The second-order valence-corrected chi connectivity index (χ2v) is 10.7. The Kier molecular flexibility index (Phi) is 9.06. The highest BCUT2D eigenvalue weighted by Crippen LogP contribution is 2.35. The van der Waals surface area contributed by atoms with Gasteiger partial charge in [-0.05, 0) is 61.7 Å². The fourth-order valence-electron chi connectivity index (χ4n) is 4.46. The molecule has 2 heterocycles. The molecule has 0 saturated carbocycles. The number of methoxy groups -OCH3 is 3. The number of thioether (sulfide) groups is 1. The number of carbonyl (C=O) groups is 3. The van der Waals surface area contributed by atoms with E-state index in [1.54, 1.807) is 42.5 Å². The summed E-state index contributed by atoms with van der Waals surface area (Å²) in [6.45, 7) is 1.79. The van der Waals surface area contributed by atoms with Crippen LogP contribution in [0.1, 0.15) is 41.6 Å². The van der Waals surface area contributed by atoms with Gasteiger partial charge in [0.1, 0.15) is 15.3 Å². The van der Waals surface area contributed by atoms with E-state index in [1.165, 1.54) is 50.5 Å². The molecule has 2 amide bonds. The van der Waals surface area contributed by atoms with Crippen LogP contribution in [0.3, 0.4) is 0 Å². The van der Waals surface area contributed by atoms with Crippen LogP contribution in [0.5, 0.6) is 17.2 Å². The molecule has 38 heavy (non-hydrogen) atoms. The number of allylic oxidation sites excluding steroid dienone is 1. The molecular weight excluding hydrogens is 524 g/mol. The van der Waals surface area contributed by atoms with Crippen molar-refractivity contribution in [3.8, 4) is 17.2 Å². The number of carbonyl (C=O) groups excluding carboxylic acids is 3. The number of likely N-dealkylation sites (tertiary alicyclic amines) is 1. The van der Waals surface area contributed by atoms with E-state index in [-0.39, 0.29) is 24.0 Å². The van der Waals surface area contributed by atoms with Crippen molar-refractivity contribution in [2.75, 3.05) is 39.3 Å². The molecule has 200 valence electrons. The number of imide groups is 1. The number of hydrogen-bond acceptors (Lipinski definition) is 8. The van der Waals surface area contributed by atoms with Gasteiger partial charge in [0.05, 0.1) is 27.0 Å². The van der Waals surface area contributed by atoms with E-state index in [0.717, 1.165) is 25.9 Å². The SMILES string of the molecule is COc1cc(OC)c(OC)cc1C=CC(=O)c1ccc(N2C(=O)CC(SC(=S)N3CCCCC3)C2=O)cc1. The third kappa shape index (κ3) is 6.02. The molecule has 2 fully saturated rings. The summed E-state index contributed by atoms with van der Waals surface area (Å²) in [6.07, 6.45) is 6.54. The number of thiocarbonyl (C=S) groups is 1. The lowest BCUT2D eigenvalue weighted by atomic mass is 10.1. The molecule has 8 nitrogen and oxygen atoms in total. The van der Waals surface area contributed by atoms with E-state index in [4.69, 9.17) is 26.4 Å². The average Bonchev–Trinajstić information content (AvgIpc) is 3.23. The summed E-state index contributed by atoms with van der Waals surface area (Å²) in [5.41, 5.74) is 1.50. The highest BCUT2D eigenvalue weighted by molar-refractivity contribution is 8.23. The predicted octanol–water partition coefficient (Wildman–Crippen LogP) is 4.74. The van der Waals surface area contributed by atoms with Crippen molar-refractivity contribution in [3.63, 3.8) is 0 Å². The van der Waals surface area contributed by atoms with Crippen LogP contribution in [0.4, 0.5) is 5.69 Å². The maximum absolute atomic E-state index is 13.1. The van der Waals surface area contributed by atoms with Crippen molar-refractivity contribution < 1.29 is 28.6 Å². The van der Waals surface area contributed by atoms with Crippen LogP contribution in [-0.2, 0) is 9.59 Å². The number of nitrogens with zero attached hydrogens (tertiary/aromatic N) is 2. The van der Waals surface area contributed by atoms with Crippen molar-refractivity contribution >= 4 is 57.7 Å². The molecule has 0 aliphatic carbocycles. The Labute approximate surface area is 231 Å². The van der Waals surface area contributed by atoms with Gasteiger partial charge in [0.2, 0.25) is 11.8 Å². The summed E-state index contributed by atoms with van der Waals surface area (Å²) in [5.74, 6) is 0.765. The Morgan fingerprint density at radius 3 is 2.21 bits per heavy atom. The minimum Gasteiger partial charge on any atom is -0.496 e. The van der Waals surface area contributed by atoms with E-state index in [9.17, 15) is 14.4 Å². The lowest BCUT2D eigenvalue weighted by molar-refractivity contribution is -0.121. The van der Waals surface area contributed by atoms with E-state index >= 15 is 0 Å². The predicted molar refractivity (Wildman–Crippen MR) is 152 cm³/mol. The van der Waals surface area contributed by atoms with Crippen LogP contribution < -0.4 is 19.1 Å². The quantitative estimate of drug-likeness (QED) is 0.199. The molecule has 0 aromatic heterocycles. The van der Waals surface area contributed by atoms with Crippen LogP contribution in [0.2, 0.25) is 0 Å². The Balaban J connectivity index is 1.43. The smallest absolute Gasteiger partial charge is 0.247 e. The minimum atomic E-state index is -0.530. The maximum atomic E-state index is 13.1. The third-order valence-corrected chi connectivity index (χ3v) is 8.18. The Morgan fingerprint density at radius 1 is 0.947 bits per heavy atom. The van der Waals surface area contributed by atoms with Crippen LogP contribution in [0.25, 0.3) is 6.08 Å². The average molecular weight is 555 g/mol. The number of benzene rings is 2. The van der Waals surface area contributed by atoms with E-state index in [2.05, 4.69) is 4.90 Å². The van der Waals surface area contributed by atoms with Gasteiger partial charge in [0, 0.05) is 36.7 Å². The van der Waals surface area contributed by atoms with Gasteiger partial charge in [-0.15, -0.1) is 0 Å². The molecule has 2 aromatic rings. The Bertz CT molecular complexity index is 1250. The number of piperidine rings is 1. The molecular formula is C28H30N2O6S2. The molecule has 2 saturated heterocycles. The monoisotopic (exact) mass is 554 g/mol. The first kappa shape index (κ1) is 27.7. The molecule has 10 heteroatoms. The fraction of sp³-hybridized carbons (Fsp3) is 0.357. The highest BCUT2D eigenvalue weighted by Gasteiger charge is 2.41. The summed E-state index contributed by atoms with van der Waals surface area (Å²) in [7, 11) is 4.60. The molecule has 1 unspecified atom stereocenters. The highest BCUT2D eigenvalue weighted by atomic mass is 32.2. The molecule has 2 aromatic carbocycles. The minimum absolute atomic E-state index is 0.105. The van der Waals surface area contributed by atoms with Crippen LogP contribution >= 0.6 is 24.0 Å². The van der Waals surface area contributed by atoms with Crippen molar-refractivity contribution in [1.29, 1.82) is 0 Å². The topological polar surface area (TPSA) is 85.4 Å². The molecule has 0 N–H and O–H groups in total. The van der Waals surface area contributed by atoms with Gasteiger partial charge in [-0.1, -0.05) is 24.0 Å². The van der Waals surface area contributed by atoms with Gasteiger partial charge < -0.3 is 19.1 Å². The number of rotatable bonds is 8. The van der Waals surface area contributed by atoms with E-state index in [1.807, 2.05) is 0 Å². The largest absolute Gasteiger partial charge is 0.496 e. The van der Waals surface area contributed by atoms with Crippen molar-refractivity contribution in [2.24, 2.45) is 0 Å². The van der Waals surface area contributed by atoms with Gasteiger partial charge in [-0.2, -0.15) is 0 Å². The van der Waals surface area contributed by atoms with Crippen LogP contribution in [-0.4, -0.2) is 66.5 Å². The summed E-state index contributed by atoms with van der Waals surface area (Å²) >= 11 is 6.85. The number of amides is 2. The zero-order valence-electron chi connectivity index (χ0n) is 21.6. The van der Waals surface area contributed by atoms with Crippen LogP contribution in [0, 0.1) is 0 Å². The number of ether oxygens (including phenoxy) is 3. The molecule has 0 spiro atoms. The Hall–Kier alpha value is -3.37. The second-order valence-electron chi connectivity index (χ2n) is 8.89. The molecule has 0 radical (unpaired) electrons. The number of anilines is 1. The van der Waals surface area contributed by atoms with Gasteiger partial charge in [-0.25, -0.2) is 4.90 Å². The summed E-state index contributed by atoms with van der Waals surface area (Å²) in [5, 5.41) is -0.530. The molecule has 1 atom stereocenters. The Morgan fingerprint density at radius 2 is 1.58 bits per heavy atom. The second kappa shape index (κ2) is 12.4. The fourth-order valence-corrected chi connectivity index (χ4v) is 6.00.